The first-order chi connectivity index (χ1) is 7.10. The van der Waals surface area contributed by atoms with Crippen LogP contribution in [0.15, 0.2) is 24.3 Å². The van der Waals surface area contributed by atoms with Crippen molar-refractivity contribution in [3.8, 4) is 0 Å². The second-order valence-corrected chi connectivity index (χ2v) is 4.06. The molecule has 0 amide bonds. The Morgan fingerprint density at radius 3 is 2.40 bits per heavy atom. The van der Waals surface area contributed by atoms with Gasteiger partial charge < -0.3 is 5.11 Å². The largest absolute Gasteiger partial charge is 0.481 e. The lowest BCUT2D eigenvalue weighted by Crippen LogP contribution is -1.99. The van der Waals surface area contributed by atoms with Gasteiger partial charge in [0.25, 0.3) is 0 Å². The lowest BCUT2D eigenvalue weighted by molar-refractivity contribution is -0.136. The van der Waals surface area contributed by atoms with Gasteiger partial charge in [0.15, 0.2) is 0 Å². The van der Waals surface area contributed by atoms with Gasteiger partial charge in [0.1, 0.15) is 5.67 Å². The molecular formula is C12H13FO2. The van der Waals surface area contributed by atoms with Crippen LogP contribution in [-0.4, -0.2) is 11.1 Å². The Labute approximate surface area is 87.7 Å². The maximum Gasteiger partial charge on any atom is 0.303 e. The molecule has 1 aromatic rings. The van der Waals surface area contributed by atoms with E-state index < -0.39 is 11.6 Å². The molecular weight excluding hydrogens is 195 g/mol. The summed E-state index contributed by atoms with van der Waals surface area (Å²) in [6.07, 6.45) is 1.86. The number of carboxylic acid groups (broad SMARTS) is 1. The summed E-state index contributed by atoms with van der Waals surface area (Å²) in [6, 6.07) is 7.17. The van der Waals surface area contributed by atoms with Gasteiger partial charge in [-0.3, -0.25) is 4.79 Å². The molecule has 0 heterocycles. The molecule has 2 rings (SSSR count). The fourth-order valence-corrected chi connectivity index (χ4v) is 1.62. The number of benzene rings is 1. The Morgan fingerprint density at radius 1 is 1.33 bits per heavy atom. The van der Waals surface area contributed by atoms with Gasteiger partial charge in [-0.1, -0.05) is 24.3 Å². The van der Waals surface area contributed by atoms with Crippen LogP contribution in [0.3, 0.4) is 0 Å². The summed E-state index contributed by atoms with van der Waals surface area (Å²) in [7, 11) is 0. The van der Waals surface area contributed by atoms with Gasteiger partial charge in [-0.15, -0.1) is 0 Å². The van der Waals surface area contributed by atoms with E-state index >= 15 is 0 Å². The number of carbonyl (C=O) groups is 1. The maximum absolute atomic E-state index is 13.6. The molecule has 2 nitrogen and oxygen atoms in total. The van der Waals surface area contributed by atoms with Crippen molar-refractivity contribution in [1.82, 2.24) is 0 Å². The van der Waals surface area contributed by atoms with E-state index in [1.54, 1.807) is 12.1 Å². The smallest absolute Gasteiger partial charge is 0.303 e. The van der Waals surface area contributed by atoms with Crippen LogP contribution in [0.4, 0.5) is 4.39 Å². The fourth-order valence-electron chi connectivity index (χ4n) is 1.62. The SMILES string of the molecule is O=C(O)CCc1ccc(C2(F)CC2)cc1. The number of aryl methyl sites for hydroxylation is 1. The molecule has 80 valence electrons. The number of rotatable bonds is 4. The van der Waals surface area contributed by atoms with Crippen LogP contribution < -0.4 is 0 Å². The Morgan fingerprint density at radius 2 is 1.93 bits per heavy atom. The molecule has 1 aliphatic rings. The lowest BCUT2D eigenvalue weighted by Gasteiger charge is -2.06. The molecule has 0 saturated heterocycles. The molecule has 15 heavy (non-hydrogen) atoms. The molecule has 0 radical (unpaired) electrons. The predicted molar refractivity (Wildman–Crippen MR) is 54.4 cm³/mol. The van der Waals surface area contributed by atoms with Gasteiger partial charge in [-0.2, -0.15) is 0 Å². The number of hydrogen-bond donors (Lipinski definition) is 1. The average Bonchev–Trinajstić information content (AvgIpc) is 2.96. The third kappa shape index (κ3) is 2.35. The van der Waals surface area contributed by atoms with Gasteiger partial charge in [-0.05, 0) is 30.4 Å². The summed E-state index contributed by atoms with van der Waals surface area (Å²) >= 11 is 0. The van der Waals surface area contributed by atoms with Crippen molar-refractivity contribution >= 4 is 5.97 Å². The Kier molecular flexibility index (Phi) is 2.47. The van der Waals surface area contributed by atoms with Crippen molar-refractivity contribution in [2.45, 2.75) is 31.4 Å². The van der Waals surface area contributed by atoms with Crippen molar-refractivity contribution in [3.63, 3.8) is 0 Å². The van der Waals surface area contributed by atoms with Crippen molar-refractivity contribution in [1.29, 1.82) is 0 Å². The molecule has 0 unspecified atom stereocenters. The highest BCUT2D eigenvalue weighted by Crippen LogP contribution is 2.49. The quantitative estimate of drug-likeness (QED) is 0.825. The van der Waals surface area contributed by atoms with Gasteiger partial charge in [-0.25, -0.2) is 4.39 Å². The van der Waals surface area contributed by atoms with Crippen LogP contribution in [-0.2, 0) is 16.9 Å². The van der Waals surface area contributed by atoms with E-state index in [-0.39, 0.29) is 6.42 Å². The maximum atomic E-state index is 13.6. The molecule has 3 heteroatoms. The average molecular weight is 208 g/mol. The van der Waals surface area contributed by atoms with E-state index in [1.807, 2.05) is 12.1 Å². The Balaban J connectivity index is 2.01. The summed E-state index contributed by atoms with van der Waals surface area (Å²) in [5.74, 6) is -0.803. The van der Waals surface area contributed by atoms with E-state index in [4.69, 9.17) is 5.11 Å². The minimum Gasteiger partial charge on any atom is -0.481 e. The first kappa shape index (κ1) is 10.1. The summed E-state index contributed by atoms with van der Waals surface area (Å²) in [6.45, 7) is 0. The number of carboxylic acids is 1. The molecule has 1 aliphatic carbocycles. The highest BCUT2D eigenvalue weighted by atomic mass is 19.1. The van der Waals surface area contributed by atoms with Crippen molar-refractivity contribution in [2.75, 3.05) is 0 Å². The van der Waals surface area contributed by atoms with Crippen LogP contribution in [0, 0.1) is 0 Å². The van der Waals surface area contributed by atoms with Gasteiger partial charge >= 0.3 is 5.97 Å². The normalized spacial score (nSPS) is 17.4. The van der Waals surface area contributed by atoms with Crippen LogP contribution in [0.2, 0.25) is 0 Å². The monoisotopic (exact) mass is 208 g/mol. The number of halogens is 1. The molecule has 0 spiro atoms. The van der Waals surface area contributed by atoms with Crippen LogP contribution in [0.25, 0.3) is 0 Å². The van der Waals surface area contributed by atoms with E-state index in [2.05, 4.69) is 0 Å². The van der Waals surface area contributed by atoms with E-state index in [0.29, 0.717) is 19.3 Å². The Hall–Kier alpha value is -1.38. The minimum absolute atomic E-state index is 0.125. The second-order valence-electron chi connectivity index (χ2n) is 4.06. The van der Waals surface area contributed by atoms with E-state index in [1.165, 1.54) is 0 Å². The predicted octanol–water partition coefficient (Wildman–Crippen LogP) is 2.66. The van der Waals surface area contributed by atoms with Crippen LogP contribution in [0.5, 0.6) is 0 Å². The lowest BCUT2D eigenvalue weighted by atomic mass is 10.0. The minimum atomic E-state index is -1.09. The zero-order valence-electron chi connectivity index (χ0n) is 8.37. The number of hydrogen-bond acceptors (Lipinski definition) is 1. The third-order valence-electron chi connectivity index (χ3n) is 2.79. The topological polar surface area (TPSA) is 37.3 Å². The standard InChI is InChI=1S/C12H13FO2/c13-12(7-8-12)10-4-1-9(2-5-10)3-6-11(14)15/h1-2,4-5H,3,6-8H2,(H,14,15). The van der Waals surface area contributed by atoms with E-state index in [9.17, 15) is 9.18 Å². The third-order valence-corrected chi connectivity index (χ3v) is 2.79. The highest BCUT2D eigenvalue weighted by Gasteiger charge is 2.44. The molecule has 0 atom stereocenters. The zero-order chi connectivity index (χ0) is 10.9. The highest BCUT2D eigenvalue weighted by molar-refractivity contribution is 5.67. The number of alkyl halides is 1. The zero-order valence-corrected chi connectivity index (χ0v) is 8.37. The summed E-state index contributed by atoms with van der Waals surface area (Å²) in [4.78, 5) is 10.3. The fraction of sp³-hybridized carbons (Fsp3) is 0.417. The second kappa shape index (κ2) is 3.65. The summed E-state index contributed by atoms with van der Waals surface area (Å²) < 4.78 is 13.6. The molecule has 0 aliphatic heterocycles. The first-order valence-corrected chi connectivity index (χ1v) is 5.10. The van der Waals surface area contributed by atoms with E-state index in [0.717, 1.165) is 11.1 Å². The molecule has 1 aromatic carbocycles. The molecule has 0 aromatic heterocycles. The van der Waals surface area contributed by atoms with Gasteiger partial charge in [0.05, 0.1) is 0 Å². The molecule has 1 saturated carbocycles. The molecule has 1 fully saturated rings. The Bertz CT molecular complexity index is 366. The summed E-state index contributed by atoms with van der Waals surface area (Å²) in [5, 5.41) is 8.51. The van der Waals surface area contributed by atoms with Crippen LogP contribution in [0.1, 0.15) is 30.4 Å². The molecule has 1 N–H and O–H groups in total. The van der Waals surface area contributed by atoms with Crippen LogP contribution >= 0.6 is 0 Å². The van der Waals surface area contributed by atoms with Crippen molar-refractivity contribution in [2.24, 2.45) is 0 Å². The first-order valence-electron chi connectivity index (χ1n) is 5.10. The molecule has 0 bridgehead atoms. The number of aliphatic carboxylic acids is 1. The van der Waals surface area contributed by atoms with Crippen molar-refractivity contribution < 1.29 is 14.3 Å². The van der Waals surface area contributed by atoms with Crippen molar-refractivity contribution in [3.05, 3.63) is 35.4 Å². The van der Waals surface area contributed by atoms with Gasteiger partial charge in [0, 0.05) is 6.42 Å². The summed E-state index contributed by atoms with van der Waals surface area (Å²) in [5.41, 5.74) is 0.581. The van der Waals surface area contributed by atoms with Gasteiger partial charge in [0.2, 0.25) is 0 Å².